The number of halogens is 1. The zero-order valence-corrected chi connectivity index (χ0v) is 26.0. The Balaban J connectivity index is 1.16. The first-order valence-electron chi connectivity index (χ1n) is 15.3. The van der Waals surface area contributed by atoms with Gasteiger partial charge in [0.2, 0.25) is 0 Å². The van der Waals surface area contributed by atoms with Crippen molar-refractivity contribution in [2.45, 2.75) is 31.2 Å². The number of carbonyl (C=O) groups is 1. The van der Waals surface area contributed by atoms with Crippen molar-refractivity contribution in [3.63, 3.8) is 0 Å². The van der Waals surface area contributed by atoms with E-state index in [0.717, 1.165) is 87.5 Å². The monoisotopic (exact) mass is 598 g/mol. The highest BCUT2D eigenvalue weighted by atomic mass is 32.1. The van der Waals surface area contributed by atoms with Crippen LogP contribution in [0.5, 0.6) is 0 Å². The van der Waals surface area contributed by atoms with Crippen LogP contribution in [-0.4, -0.2) is 90.8 Å². The van der Waals surface area contributed by atoms with Crippen molar-refractivity contribution < 1.29 is 9.18 Å². The van der Waals surface area contributed by atoms with Gasteiger partial charge in [0.1, 0.15) is 5.82 Å². The van der Waals surface area contributed by atoms with Crippen molar-refractivity contribution in [2.75, 3.05) is 65.3 Å². The second-order valence-electron chi connectivity index (χ2n) is 12.4. The number of aryl methyl sites for hydroxylation is 1. The first-order chi connectivity index (χ1) is 20.8. The standard InChI is InChI=1S/C34H39FN6OS/c1-37(2)34(24-5-4-6-25(35)23-24)14-16-39(17-15-34)26-7-9-27(10-8-26)41-32-28-13-22-43-30(28)12-11-29(32)31(36-41)33(42)40-20-18-38(3)19-21-40/h4-10,13,22-23H,11-12,14-21H2,1-3H3. The van der Waals surface area contributed by atoms with Crippen LogP contribution in [0, 0.1) is 5.82 Å². The summed E-state index contributed by atoms with van der Waals surface area (Å²) >= 11 is 1.79. The van der Waals surface area contributed by atoms with Crippen LogP contribution in [0.15, 0.2) is 60.0 Å². The second kappa shape index (κ2) is 11.2. The van der Waals surface area contributed by atoms with Crippen LogP contribution >= 0.6 is 11.3 Å². The van der Waals surface area contributed by atoms with Gasteiger partial charge in [-0.25, -0.2) is 9.07 Å². The minimum absolute atomic E-state index is 0.0504. The molecule has 1 amide bonds. The lowest BCUT2D eigenvalue weighted by atomic mass is 9.79. The molecule has 2 saturated heterocycles. The normalized spacial score (nSPS) is 18.5. The summed E-state index contributed by atoms with van der Waals surface area (Å²) in [4.78, 5) is 24.0. The van der Waals surface area contributed by atoms with Gasteiger partial charge in [-0.3, -0.25) is 9.69 Å². The number of rotatable bonds is 5. The predicted molar refractivity (Wildman–Crippen MR) is 171 cm³/mol. The van der Waals surface area contributed by atoms with Gasteiger partial charge in [0, 0.05) is 66.5 Å². The lowest BCUT2D eigenvalue weighted by Gasteiger charge is -2.47. The molecule has 7 rings (SSSR count). The number of thiophene rings is 1. The van der Waals surface area contributed by atoms with Crippen LogP contribution in [0.25, 0.3) is 16.9 Å². The maximum absolute atomic E-state index is 14.1. The summed E-state index contributed by atoms with van der Waals surface area (Å²) in [7, 11) is 6.30. The van der Waals surface area contributed by atoms with Crippen LogP contribution in [-0.2, 0) is 18.4 Å². The van der Waals surface area contributed by atoms with Gasteiger partial charge in [-0.15, -0.1) is 11.3 Å². The summed E-state index contributed by atoms with van der Waals surface area (Å²) < 4.78 is 16.1. The Labute approximate surface area is 257 Å². The van der Waals surface area contributed by atoms with E-state index in [2.05, 4.69) is 77.6 Å². The van der Waals surface area contributed by atoms with Crippen molar-refractivity contribution >= 4 is 22.9 Å². The minimum Gasteiger partial charge on any atom is -0.371 e. The van der Waals surface area contributed by atoms with E-state index >= 15 is 0 Å². The summed E-state index contributed by atoms with van der Waals surface area (Å²) in [5, 5.41) is 7.17. The van der Waals surface area contributed by atoms with E-state index in [1.807, 2.05) is 15.6 Å². The molecular weight excluding hydrogens is 559 g/mol. The van der Waals surface area contributed by atoms with Crippen molar-refractivity contribution in [1.29, 1.82) is 0 Å². The van der Waals surface area contributed by atoms with Gasteiger partial charge >= 0.3 is 0 Å². The number of piperazine rings is 1. The number of hydrogen-bond donors (Lipinski definition) is 0. The van der Waals surface area contributed by atoms with Gasteiger partial charge in [0.25, 0.3) is 5.91 Å². The zero-order valence-electron chi connectivity index (χ0n) is 25.2. The molecule has 0 spiro atoms. The Bertz CT molecular complexity index is 1630. The lowest BCUT2D eigenvalue weighted by Crippen LogP contribution is -2.50. The third-order valence-corrected chi connectivity index (χ3v) is 10.8. The number of nitrogens with zero attached hydrogens (tertiary/aromatic N) is 6. The Morgan fingerprint density at radius 1 is 0.930 bits per heavy atom. The van der Waals surface area contributed by atoms with Crippen LogP contribution in [0.2, 0.25) is 0 Å². The smallest absolute Gasteiger partial charge is 0.274 e. The van der Waals surface area contributed by atoms with Gasteiger partial charge < -0.3 is 14.7 Å². The quantitative estimate of drug-likeness (QED) is 0.313. The van der Waals surface area contributed by atoms with E-state index in [1.165, 1.54) is 22.2 Å². The fourth-order valence-electron chi connectivity index (χ4n) is 7.18. The topological polar surface area (TPSA) is 47.9 Å². The number of aromatic nitrogens is 2. The van der Waals surface area contributed by atoms with Gasteiger partial charge in [-0.05, 0) is 100 Å². The molecule has 0 unspecified atom stereocenters. The first kappa shape index (κ1) is 28.3. The Kier molecular flexibility index (Phi) is 7.35. The summed E-state index contributed by atoms with van der Waals surface area (Å²) in [6, 6.07) is 17.9. The zero-order chi connectivity index (χ0) is 29.7. The Hall–Kier alpha value is -3.53. The van der Waals surface area contributed by atoms with E-state index in [-0.39, 0.29) is 17.3 Å². The maximum atomic E-state index is 14.1. The second-order valence-corrected chi connectivity index (χ2v) is 13.4. The number of likely N-dealkylation sites (N-methyl/N-ethyl adjacent to an activating group) is 1. The van der Waals surface area contributed by atoms with Crippen molar-refractivity contribution in [3.05, 3.63) is 87.5 Å². The van der Waals surface area contributed by atoms with Crippen molar-refractivity contribution in [2.24, 2.45) is 0 Å². The molecule has 0 saturated carbocycles. The first-order valence-corrected chi connectivity index (χ1v) is 16.2. The molecule has 2 aliphatic heterocycles. The molecule has 224 valence electrons. The Morgan fingerprint density at radius 2 is 1.65 bits per heavy atom. The predicted octanol–water partition coefficient (Wildman–Crippen LogP) is 5.28. The summed E-state index contributed by atoms with van der Waals surface area (Å²) in [5.74, 6) is -0.130. The molecule has 2 aromatic heterocycles. The number of piperidine rings is 1. The molecule has 0 radical (unpaired) electrons. The van der Waals surface area contributed by atoms with E-state index in [1.54, 1.807) is 17.4 Å². The molecule has 4 aromatic rings. The van der Waals surface area contributed by atoms with Crippen LogP contribution < -0.4 is 4.90 Å². The summed E-state index contributed by atoms with van der Waals surface area (Å²) in [6.07, 6.45) is 3.61. The molecule has 2 fully saturated rings. The molecule has 2 aromatic carbocycles. The van der Waals surface area contributed by atoms with Crippen LogP contribution in [0.3, 0.4) is 0 Å². The molecule has 9 heteroatoms. The molecule has 0 N–H and O–H groups in total. The number of hydrogen-bond acceptors (Lipinski definition) is 6. The third-order valence-electron chi connectivity index (χ3n) is 9.85. The highest BCUT2D eigenvalue weighted by molar-refractivity contribution is 7.10. The number of benzene rings is 2. The van der Waals surface area contributed by atoms with E-state index in [9.17, 15) is 9.18 Å². The average Bonchev–Trinajstić information content (AvgIpc) is 3.66. The third kappa shape index (κ3) is 4.97. The number of carbonyl (C=O) groups excluding carboxylic acids is 1. The molecule has 0 bridgehead atoms. The van der Waals surface area contributed by atoms with Gasteiger partial charge in [0.15, 0.2) is 5.69 Å². The highest BCUT2D eigenvalue weighted by Gasteiger charge is 2.39. The molecule has 0 atom stereocenters. The van der Waals surface area contributed by atoms with Crippen LogP contribution in [0.4, 0.5) is 10.1 Å². The molecule has 43 heavy (non-hydrogen) atoms. The number of fused-ring (bicyclic) bond motifs is 3. The summed E-state index contributed by atoms with van der Waals surface area (Å²) in [6.45, 7) is 5.01. The van der Waals surface area contributed by atoms with Gasteiger partial charge in [0.05, 0.1) is 11.4 Å². The lowest BCUT2D eigenvalue weighted by molar-refractivity contribution is 0.0656. The minimum atomic E-state index is -0.183. The molecule has 4 heterocycles. The van der Waals surface area contributed by atoms with Crippen molar-refractivity contribution in [3.8, 4) is 16.9 Å². The van der Waals surface area contributed by atoms with E-state index in [4.69, 9.17) is 5.10 Å². The van der Waals surface area contributed by atoms with Crippen LogP contribution in [0.1, 0.15) is 39.3 Å². The maximum Gasteiger partial charge on any atom is 0.274 e. The Morgan fingerprint density at radius 3 is 2.35 bits per heavy atom. The molecule has 7 nitrogen and oxygen atoms in total. The SMILES string of the molecule is CN1CCN(C(=O)c2nn(-c3ccc(N4CCC(c5cccc(F)c5)(N(C)C)CC4)cc3)c3c2CCc2sccc2-3)CC1. The molecule has 1 aliphatic carbocycles. The number of amides is 1. The molecule has 3 aliphatic rings. The summed E-state index contributed by atoms with van der Waals surface area (Å²) in [5.41, 5.74) is 6.95. The average molecular weight is 599 g/mol. The molecular formula is C34H39FN6OS. The largest absolute Gasteiger partial charge is 0.371 e. The fraction of sp³-hybridized carbons (Fsp3) is 0.412. The van der Waals surface area contributed by atoms with Gasteiger partial charge in [-0.2, -0.15) is 5.10 Å². The highest BCUT2D eigenvalue weighted by Crippen LogP contribution is 2.41. The van der Waals surface area contributed by atoms with Gasteiger partial charge in [-0.1, -0.05) is 12.1 Å². The fourth-order valence-corrected chi connectivity index (χ4v) is 8.06. The van der Waals surface area contributed by atoms with E-state index < -0.39 is 0 Å². The number of anilines is 1. The van der Waals surface area contributed by atoms with Crippen molar-refractivity contribution in [1.82, 2.24) is 24.5 Å². The van der Waals surface area contributed by atoms with E-state index in [0.29, 0.717) is 5.69 Å².